The molecule has 414 valence electrons. The molecule has 0 saturated carbocycles. The number of amides is 1. The van der Waals surface area contributed by atoms with E-state index in [9.17, 15) is 47.0 Å². The lowest BCUT2D eigenvalue weighted by Crippen LogP contribution is -2.48. The van der Waals surface area contributed by atoms with Gasteiger partial charge in [-0.2, -0.15) is 0 Å². The number of rotatable bonds is 18. The van der Waals surface area contributed by atoms with E-state index in [1.807, 2.05) is 42.5 Å². The van der Waals surface area contributed by atoms with Crippen LogP contribution in [0.25, 0.3) is 32.3 Å². The fraction of sp³-hybridized carbons (Fsp3) is 0.323. The third kappa shape index (κ3) is 17.8. The predicted molar refractivity (Wildman–Crippen MR) is 296 cm³/mol. The van der Waals surface area contributed by atoms with Crippen molar-refractivity contribution in [2.75, 3.05) is 39.5 Å². The summed E-state index contributed by atoms with van der Waals surface area (Å²) >= 11 is 0. The molecule has 1 amide bonds. The molecule has 9 rings (SSSR count). The highest BCUT2D eigenvalue weighted by molar-refractivity contribution is 6.36. The van der Waals surface area contributed by atoms with E-state index in [0.29, 0.717) is 56.1 Å². The number of carbonyl (C=O) groups excluding carboxylic acids is 5. The Kier molecular flexibility index (Phi) is 24.2. The van der Waals surface area contributed by atoms with Gasteiger partial charge in [-0.05, 0) is 155 Å². The first-order chi connectivity index (χ1) is 36.1. The number of hydrogen-bond acceptors (Lipinski definition) is 11. The molecular formula is C62H69F3N2O11. The molecule has 0 aromatic heterocycles. The molecule has 3 N–H and O–H groups in total. The number of aryl methyl sites for hydroxylation is 3. The van der Waals surface area contributed by atoms with Crippen molar-refractivity contribution in [3.8, 4) is 11.5 Å². The minimum atomic E-state index is -1.40. The van der Waals surface area contributed by atoms with Gasteiger partial charge < -0.3 is 34.6 Å². The Morgan fingerprint density at radius 1 is 0.564 bits per heavy atom. The van der Waals surface area contributed by atoms with Gasteiger partial charge in [0.15, 0.2) is 11.5 Å². The van der Waals surface area contributed by atoms with Crippen molar-refractivity contribution < 1.29 is 66.4 Å². The number of halogens is 3. The molecule has 13 nitrogen and oxygen atoms in total. The molecule has 0 unspecified atom stereocenters. The molecule has 1 fully saturated rings. The van der Waals surface area contributed by atoms with Crippen LogP contribution in [-0.4, -0.2) is 95.8 Å². The highest BCUT2D eigenvalue weighted by atomic mass is 19.1. The smallest absolute Gasteiger partial charge is 0.374 e. The number of aliphatic hydroxyl groups excluding tert-OH is 1. The van der Waals surface area contributed by atoms with Crippen LogP contribution in [0.4, 0.5) is 13.2 Å². The van der Waals surface area contributed by atoms with Crippen LogP contribution in [0.2, 0.25) is 0 Å². The van der Waals surface area contributed by atoms with Crippen LogP contribution < -0.4 is 14.8 Å². The molecule has 0 radical (unpaired) electrons. The summed E-state index contributed by atoms with van der Waals surface area (Å²) < 4.78 is 55.3. The first-order valence-corrected chi connectivity index (χ1v) is 24.8. The van der Waals surface area contributed by atoms with E-state index in [2.05, 4.69) is 15.0 Å². The van der Waals surface area contributed by atoms with Gasteiger partial charge in [0.25, 0.3) is 5.91 Å². The summed E-state index contributed by atoms with van der Waals surface area (Å²) in [5.41, 5.74) is 3.28. The number of carboxylic acids is 1. The fourth-order valence-electron chi connectivity index (χ4n) is 8.77. The summed E-state index contributed by atoms with van der Waals surface area (Å²) in [6, 6.07) is 34.6. The Hall–Kier alpha value is -7.95. The summed E-state index contributed by atoms with van der Waals surface area (Å²) in [6.07, 6.45) is 2.47. The number of carbonyl (C=O) groups is 6. The van der Waals surface area contributed by atoms with E-state index in [4.69, 9.17) is 14.6 Å². The summed E-state index contributed by atoms with van der Waals surface area (Å²) in [4.78, 5) is 71.9. The second kappa shape index (κ2) is 30.1. The van der Waals surface area contributed by atoms with Crippen LogP contribution in [0, 0.1) is 17.5 Å². The number of hydrogen-bond donors (Lipinski definition) is 3. The molecule has 0 bridgehead atoms. The average molecular weight is 1080 g/mol. The molecule has 78 heavy (non-hydrogen) atoms. The second-order valence-electron chi connectivity index (χ2n) is 18.2. The molecule has 16 heteroatoms. The SMILES string of the molecule is C.C.C.CCOC(=O)C(=O)CCc1ccc2cc(F)ccc2c1.O=C(CCc1ccc2cc(F)ccc2c1)C(=O)N[C@H](CN1CCCC1)[C@H](O)c1ccc2c(c1)OCCO2.O=C(O)C(=O)CCc1ccc2cc(F)ccc2c1. The van der Waals surface area contributed by atoms with Crippen LogP contribution in [0.1, 0.15) is 89.7 Å². The van der Waals surface area contributed by atoms with E-state index in [1.165, 1.54) is 36.4 Å². The molecule has 2 heterocycles. The van der Waals surface area contributed by atoms with Crippen molar-refractivity contribution in [1.82, 2.24) is 10.2 Å². The van der Waals surface area contributed by atoms with Gasteiger partial charge in [-0.15, -0.1) is 0 Å². The maximum atomic E-state index is 13.4. The zero-order valence-electron chi connectivity index (χ0n) is 41.3. The fourth-order valence-corrected chi connectivity index (χ4v) is 8.77. The summed E-state index contributed by atoms with van der Waals surface area (Å²) in [5.74, 6) is -4.44. The zero-order chi connectivity index (χ0) is 53.4. The lowest BCUT2D eigenvalue weighted by molar-refractivity contribution is -0.153. The monoisotopic (exact) mass is 1070 g/mol. The first-order valence-electron chi connectivity index (χ1n) is 24.8. The van der Waals surface area contributed by atoms with Crippen LogP contribution in [0.5, 0.6) is 11.5 Å². The van der Waals surface area contributed by atoms with Gasteiger partial charge in [0.05, 0.1) is 12.6 Å². The molecule has 7 aromatic rings. The number of aliphatic carboxylic acids is 1. The topological polar surface area (TPSA) is 186 Å². The summed E-state index contributed by atoms with van der Waals surface area (Å²) in [6.45, 7) is 4.99. The number of aliphatic hydroxyl groups is 1. The summed E-state index contributed by atoms with van der Waals surface area (Å²) in [7, 11) is 0. The summed E-state index contributed by atoms with van der Waals surface area (Å²) in [5, 5.41) is 27.5. The van der Waals surface area contributed by atoms with Crippen molar-refractivity contribution in [2.24, 2.45) is 0 Å². The van der Waals surface area contributed by atoms with Gasteiger partial charge in [0.2, 0.25) is 17.3 Å². The highest BCUT2D eigenvalue weighted by Gasteiger charge is 2.30. The number of nitrogens with one attached hydrogen (secondary N) is 1. The Labute approximate surface area is 453 Å². The molecule has 2 aliphatic rings. The number of Topliss-reactive ketones (excluding diaryl/α,β-unsaturated/α-hetero) is 3. The molecule has 0 spiro atoms. The van der Waals surface area contributed by atoms with Crippen molar-refractivity contribution in [3.05, 3.63) is 167 Å². The molecule has 2 aliphatic heterocycles. The molecule has 0 aliphatic carbocycles. The lowest BCUT2D eigenvalue weighted by Gasteiger charge is -2.29. The average Bonchev–Trinajstić information content (AvgIpc) is 3.95. The number of ether oxygens (including phenoxy) is 3. The van der Waals surface area contributed by atoms with Crippen LogP contribution in [-0.2, 0) is 52.8 Å². The Bertz CT molecular complexity index is 3210. The number of ketones is 3. The van der Waals surface area contributed by atoms with Crippen LogP contribution >= 0.6 is 0 Å². The number of benzene rings is 7. The van der Waals surface area contributed by atoms with E-state index in [-0.39, 0.29) is 65.6 Å². The van der Waals surface area contributed by atoms with Crippen LogP contribution in [0.3, 0.4) is 0 Å². The molecule has 7 aromatic carbocycles. The number of nitrogens with zero attached hydrogens (tertiary/aromatic N) is 1. The maximum Gasteiger partial charge on any atom is 0.374 e. The number of likely N-dealkylation sites (tertiary alicyclic amines) is 1. The zero-order valence-corrected chi connectivity index (χ0v) is 41.3. The Morgan fingerprint density at radius 2 is 0.987 bits per heavy atom. The van der Waals surface area contributed by atoms with E-state index < -0.39 is 47.3 Å². The Balaban J connectivity index is 0.000000272. The highest BCUT2D eigenvalue weighted by Crippen LogP contribution is 2.34. The second-order valence-corrected chi connectivity index (χ2v) is 18.2. The van der Waals surface area contributed by atoms with Gasteiger partial charge >= 0.3 is 11.9 Å². The van der Waals surface area contributed by atoms with Gasteiger partial charge in [0, 0.05) is 25.8 Å². The predicted octanol–water partition coefficient (Wildman–Crippen LogP) is 11.1. The van der Waals surface area contributed by atoms with E-state index in [0.717, 1.165) is 74.9 Å². The minimum absolute atomic E-state index is 0. The van der Waals surface area contributed by atoms with Gasteiger partial charge in [-0.3, -0.25) is 19.2 Å². The van der Waals surface area contributed by atoms with Crippen LogP contribution in [0.15, 0.2) is 127 Å². The number of esters is 1. The van der Waals surface area contributed by atoms with Gasteiger partial charge in [-0.1, -0.05) is 101 Å². The normalized spacial score (nSPS) is 13.1. The minimum Gasteiger partial charge on any atom is -0.486 e. The van der Waals surface area contributed by atoms with Gasteiger partial charge in [-0.25, -0.2) is 22.8 Å². The van der Waals surface area contributed by atoms with E-state index in [1.54, 1.807) is 55.5 Å². The lowest BCUT2D eigenvalue weighted by atomic mass is 10.00. The largest absolute Gasteiger partial charge is 0.486 e. The first kappa shape index (κ1) is 62.6. The third-order valence-electron chi connectivity index (χ3n) is 12.8. The standard InChI is InChI=1S/C29H31FN2O5.C16H15FO3.C14H11FO3.3CH4/c30-23-8-6-20-15-19(3-5-21(20)16-23)4-9-25(33)29(35)31-24(18-32-11-1-2-12-32)28(34)22-7-10-26-27(17-22)37-14-13-36-26;1-2-20-16(19)15(18)8-4-11-3-5-13-10-14(17)7-6-12(13)9-11;15-12-5-4-10-7-9(1-3-11(10)8-12)2-6-13(16)14(17)18;;;/h3,5-8,10,15-17,24,28,34H,1-2,4,9,11-14,18H2,(H,31,35);3,5-7,9-10H,2,4,8H2,1H3;1,3-5,7-8H,2,6H2,(H,17,18);3*1H4/t24-,28-;;;;;/m1...../s1. The molecule has 1 saturated heterocycles. The Morgan fingerprint density at radius 3 is 1.45 bits per heavy atom. The van der Waals surface area contributed by atoms with Crippen molar-refractivity contribution in [3.63, 3.8) is 0 Å². The number of carboxylic acid groups (broad SMARTS) is 1. The van der Waals surface area contributed by atoms with Crippen molar-refractivity contribution >= 4 is 67.5 Å². The maximum absolute atomic E-state index is 13.4. The van der Waals surface area contributed by atoms with E-state index >= 15 is 0 Å². The van der Waals surface area contributed by atoms with Crippen molar-refractivity contribution in [1.29, 1.82) is 0 Å². The number of fused-ring (bicyclic) bond motifs is 4. The third-order valence-corrected chi connectivity index (χ3v) is 12.8. The molecule has 2 atom stereocenters. The van der Waals surface area contributed by atoms with Gasteiger partial charge in [0.1, 0.15) is 36.8 Å². The van der Waals surface area contributed by atoms with Crippen molar-refractivity contribution in [2.45, 2.75) is 92.7 Å². The quantitative estimate of drug-likeness (QED) is 0.0546. The molecular weight excluding hydrogens is 1010 g/mol.